The van der Waals surface area contributed by atoms with Gasteiger partial charge in [-0.15, -0.1) is 0 Å². The molecule has 1 atom stereocenters. The van der Waals surface area contributed by atoms with Gasteiger partial charge in [-0.1, -0.05) is 31.4 Å². The Morgan fingerprint density at radius 2 is 1.94 bits per heavy atom. The molecular formula is C14H18F3N. The molecule has 1 nitrogen and oxygen atoms in total. The summed E-state index contributed by atoms with van der Waals surface area (Å²) in [7, 11) is 0. The highest BCUT2D eigenvalue weighted by atomic mass is 19.4. The Morgan fingerprint density at radius 1 is 1.28 bits per heavy atom. The van der Waals surface area contributed by atoms with E-state index in [1.54, 1.807) is 6.07 Å². The quantitative estimate of drug-likeness (QED) is 0.824. The minimum absolute atomic E-state index is 0.0822. The van der Waals surface area contributed by atoms with Crippen LogP contribution >= 0.6 is 0 Å². The van der Waals surface area contributed by atoms with Crippen molar-refractivity contribution in [2.24, 2.45) is 5.92 Å². The third-order valence-electron chi connectivity index (χ3n) is 3.55. The van der Waals surface area contributed by atoms with Gasteiger partial charge in [-0.05, 0) is 31.4 Å². The average molecular weight is 257 g/mol. The summed E-state index contributed by atoms with van der Waals surface area (Å²) in [5.74, 6) is 0.686. The van der Waals surface area contributed by atoms with Crippen LogP contribution in [0, 0.1) is 5.92 Å². The molecule has 100 valence electrons. The molecule has 1 aliphatic carbocycles. The number of anilines is 1. The average Bonchev–Trinajstić information content (AvgIpc) is 2.23. The number of halogens is 3. The standard InChI is InChI=1S/C14H18F3N/c1-10(9-11-5-4-6-11)18-13-8-3-2-7-12(13)14(15,16)17/h2-3,7-8,10-11,18H,4-6,9H2,1H3. The largest absolute Gasteiger partial charge is 0.418 e. The van der Waals surface area contributed by atoms with Crippen molar-refractivity contribution in [3.05, 3.63) is 29.8 Å². The van der Waals surface area contributed by atoms with E-state index in [1.807, 2.05) is 6.92 Å². The van der Waals surface area contributed by atoms with Crippen LogP contribution in [-0.2, 0) is 6.18 Å². The summed E-state index contributed by atoms with van der Waals surface area (Å²) >= 11 is 0. The third kappa shape index (κ3) is 3.18. The lowest BCUT2D eigenvalue weighted by atomic mass is 9.81. The van der Waals surface area contributed by atoms with E-state index in [0.717, 1.165) is 12.5 Å². The fourth-order valence-corrected chi connectivity index (χ4v) is 2.41. The number of alkyl halides is 3. The summed E-state index contributed by atoms with van der Waals surface area (Å²) in [4.78, 5) is 0. The number of rotatable bonds is 4. The number of nitrogens with one attached hydrogen (secondary N) is 1. The first-order valence-corrected chi connectivity index (χ1v) is 6.39. The second kappa shape index (κ2) is 5.21. The predicted molar refractivity (Wildman–Crippen MR) is 66.5 cm³/mol. The molecule has 1 fully saturated rings. The monoisotopic (exact) mass is 257 g/mol. The van der Waals surface area contributed by atoms with Crippen LogP contribution in [0.1, 0.15) is 38.2 Å². The van der Waals surface area contributed by atoms with Crippen LogP contribution in [-0.4, -0.2) is 6.04 Å². The van der Waals surface area contributed by atoms with E-state index in [4.69, 9.17) is 0 Å². The molecule has 0 saturated heterocycles. The van der Waals surface area contributed by atoms with Gasteiger partial charge in [0.05, 0.1) is 5.56 Å². The lowest BCUT2D eigenvalue weighted by Gasteiger charge is -2.29. The molecule has 18 heavy (non-hydrogen) atoms. The van der Waals surface area contributed by atoms with E-state index in [9.17, 15) is 13.2 Å². The highest BCUT2D eigenvalue weighted by molar-refractivity contribution is 5.53. The number of hydrogen-bond acceptors (Lipinski definition) is 1. The van der Waals surface area contributed by atoms with Gasteiger partial charge in [0.15, 0.2) is 0 Å². The normalized spacial score (nSPS) is 18.2. The van der Waals surface area contributed by atoms with Gasteiger partial charge in [0, 0.05) is 11.7 Å². The molecule has 1 saturated carbocycles. The number of benzene rings is 1. The molecule has 0 spiro atoms. The van der Waals surface area contributed by atoms with Gasteiger partial charge in [0.2, 0.25) is 0 Å². The fourth-order valence-electron chi connectivity index (χ4n) is 2.41. The van der Waals surface area contributed by atoms with Crippen molar-refractivity contribution in [1.82, 2.24) is 0 Å². The molecule has 1 aliphatic rings. The van der Waals surface area contributed by atoms with Crippen molar-refractivity contribution < 1.29 is 13.2 Å². The molecule has 1 unspecified atom stereocenters. The Morgan fingerprint density at radius 3 is 2.50 bits per heavy atom. The zero-order valence-electron chi connectivity index (χ0n) is 10.4. The topological polar surface area (TPSA) is 12.0 Å². The van der Waals surface area contributed by atoms with Crippen molar-refractivity contribution in [3.63, 3.8) is 0 Å². The Balaban J connectivity index is 2.03. The Hall–Kier alpha value is -1.19. The highest BCUT2D eigenvalue weighted by Crippen LogP contribution is 2.36. The van der Waals surface area contributed by atoms with E-state index in [1.165, 1.54) is 31.4 Å². The lowest BCUT2D eigenvalue weighted by Crippen LogP contribution is -2.24. The summed E-state index contributed by atoms with van der Waals surface area (Å²) < 4.78 is 38.4. The van der Waals surface area contributed by atoms with Crippen LogP contribution in [0.4, 0.5) is 18.9 Å². The maximum Gasteiger partial charge on any atom is 0.418 e. The molecule has 1 aromatic carbocycles. The second-order valence-electron chi connectivity index (χ2n) is 5.12. The van der Waals surface area contributed by atoms with Crippen molar-refractivity contribution >= 4 is 5.69 Å². The molecule has 0 amide bonds. The summed E-state index contributed by atoms with van der Waals surface area (Å²) in [6.45, 7) is 1.95. The van der Waals surface area contributed by atoms with Crippen molar-refractivity contribution in [2.45, 2.75) is 44.8 Å². The first-order chi connectivity index (χ1) is 8.47. The molecular weight excluding hydrogens is 239 g/mol. The van der Waals surface area contributed by atoms with E-state index in [-0.39, 0.29) is 11.7 Å². The number of para-hydroxylation sites is 1. The van der Waals surface area contributed by atoms with Gasteiger partial charge in [-0.25, -0.2) is 0 Å². The predicted octanol–water partition coefficient (Wildman–Crippen LogP) is 4.70. The maximum atomic E-state index is 12.8. The van der Waals surface area contributed by atoms with Crippen molar-refractivity contribution in [1.29, 1.82) is 0 Å². The van der Waals surface area contributed by atoms with E-state index >= 15 is 0 Å². The molecule has 1 aromatic rings. The maximum absolute atomic E-state index is 12.8. The van der Waals surface area contributed by atoms with Crippen LogP contribution in [0.3, 0.4) is 0 Å². The van der Waals surface area contributed by atoms with Crippen LogP contribution in [0.2, 0.25) is 0 Å². The first kappa shape index (κ1) is 13.2. The number of hydrogen-bond donors (Lipinski definition) is 1. The molecule has 0 radical (unpaired) electrons. The molecule has 0 bridgehead atoms. The summed E-state index contributed by atoms with van der Waals surface area (Å²) in [5.41, 5.74) is -0.387. The summed E-state index contributed by atoms with van der Waals surface area (Å²) in [6.07, 6.45) is 0.350. The van der Waals surface area contributed by atoms with Gasteiger partial charge in [-0.2, -0.15) is 13.2 Å². The van der Waals surface area contributed by atoms with E-state index < -0.39 is 11.7 Å². The molecule has 0 aromatic heterocycles. The Bertz CT molecular complexity index is 396. The molecule has 4 heteroatoms. The minimum Gasteiger partial charge on any atom is -0.382 e. The van der Waals surface area contributed by atoms with Crippen LogP contribution in [0.15, 0.2) is 24.3 Å². The van der Waals surface area contributed by atoms with Gasteiger partial charge in [-0.3, -0.25) is 0 Å². The van der Waals surface area contributed by atoms with Crippen LogP contribution < -0.4 is 5.32 Å². The summed E-state index contributed by atoms with van der Waals surface area (Å²) in [5, 5.41) is 3.00. The van der Waals surface area contributed by atoms with Gasteiger partial charge >= 0.3 is 6.18 Å². The Kier molecular flexibility index (Phi) is 3.83. The van der Waals surface area contributed by atoms with Gasteiger partial charge in [0.1, 0.15) is 0 Å². The minimum atomic E-state index is -4.29. The third-order valence-corrected chi connectivity index (χ3v) is 3.55. The van der Waals surface area contributed by atoms with Gasteiger partial charge < -0.3 is 5.32 Å². The smallest absolute Gasteiger partial charge is 0.382 e. The molecule has 0 aliphatic heterocycles. The molecule has 0 heterocycles. The van der Waals surface area contributed by atoms with Crippen LogP contribution in [0.5, 0.6) is 0 Å². The van der Waals surface area contributed by atoms with E-state index in [2.05, 4.69) is 5.32 Å². The molecule has 1 N–H and O–H groups in total. The first-order valence-electron chi connectivity index (χ1n) is 6.39. The zero-order chi connectivity index (χ0) is 13.2. The van der Waals surface area contributed by atoms with Gasteiger partial charge in [0.25, 0.3) is 0 Å². The molecule has 2 rings (SSSR count). The lowest BCUT2D eigenvalue weighted by molar-refractivity contribution is -0.137. The van der Waals surface area contributed by atoms with Crippen molar-refractivity contribution in [3.8, 4) is 0 Å². The summed E-state index contributed by atoms with van der Waals surface area (Å²) in [6, 6.07) is 5.76. The van der Waals surface area contributed by atoms with Crippen LogP contribution in [0.25, 0.3) is 0 Å². The zero-order valence-corrected chi connectivity index (χ0v) is 10.4. The second-order valence-corrected chi connectivity index (χ2v) is 5.12. The Labute approximate surface area is 105 Å². The fraction of sp³-hybridized carbons (Fsp3) is 0.571. The highest BCUT2D eigenvalue weighted by Gasteiger charge is 2.33. The SMILES string of the molecule is CC(CC1CCC1)Nc1ccccc1C(F)(F)F. The van der Waals surface area contributed by atoms with E-state index in [0.29, 0.717) is 5.92 Å². The van der Waals surface area contributed by atoms with Crippen molar-refractivity contribution in [2.75, 3.05) is 5.32 Å².